The number of nitrogens with zero attached hydrogens (tertiary/aromatic N) is 1. The summed E-state index contributed by atoms with van der Waals surface area (Å²) in [7, 11) is 0. The van der Waals surface area contributed by atoms with Crippen LogP contribution in [0.3, 0.4) is 0 Å². The maximum Gasteiger partial charge on any atom is 0.319 e. The van der Waals surface area contributed by atoms with Crippen molar-refractivity contribution in [3.63, 3.8) is 0 Å². The first-order chi connectivity index (χ1) is 9.27. The molecule has 0 aliphatic carbocycles. The molecular formula is C15H21NO3S. The molecule has 0 amide bonds. The van der Waals surface area contributed by atoms with Gasteiger partial charge in [0.15, 0.2) is 5.78 Å². The molecule has 0 aliphatic rings. The fourth-order valence-corrected chi connectivity index (χ4v) is 2.74. The molecule has 0 aliphatic heterocycles. The second-order valence-electron chi connectivity index (χ2n) is 5.18. The third kappa shape index (κ3) is 4.34. The summed E-state index contributed by atoms with van der Waals surface area (Å²) >= 11 is 1.35. The first kappa shape index (κ1) is 16.7. The Morgan fingerprint density at radius 2 is 1.95 bits per heavy atom. The van der Waals surface area contributed by atoms with Crippen molar-refractivity contribution in [3.8, 4) is 0 Å². The number of carbonyl (C=O) groups is 2. The molecule has 1 rings (SSSR count). The lowest BCUT2D eigenvalue weighted by atomic mass is 9.89. The van der Waals surface area contributed by atoms with Crippen LogP contribution in [0.1, 0.15) is 32.0 Å². The predicted octanol–water partition coefficient (Wildman–Crippen LogP) is 2.95. The maximum atomic E-state index is 12.2. The molecule has 0 bridgehead atoms. The van der Waals surface area contributed by atoms with Gasteiger partial charge in [0.05, 0.1) is 17.4 Å². The van der Waals surface area contributed by atoms with Crippen LogP contribution < -0.4 is 0 Å². The molecule has 0 saturated heterocycles. The summed E-state index contributed by atoms with van der Waals surface area (Å²) < 4.78 is 4.93. The van der Waals surface area contributed by atoms with E-state index >= 15 is 0 Å². The molecule has 1 heterocycles. The number of ketones is 1. The van der Waals surface area contributed by atoms with E-state index in [1.54, 1.807) is 20.8 Å². The molecular weight excluding hydrogens is 274 g/mol. The van der Waals surface area contributed by atoms with Crippen molar-refractivity contribution < 1.29 is 14.3 Å². The van der Waals surface area contributed by atoms with Gasteiger partial charge in [0.2, 0.25) is 0 Å². The predicted molar refractivity (Wildman–Crippen MR) is 79.9 cm³/mol. The van der Waals surface area contributed by atoms with E-state index in [4.69, 9.17) is 4.74 Å². The minimum atomic E-state index is -1.11. The highest BCUT2D eigenvalue weighted by Crippen LogP contribution is 2.25. The standard InChI is InChI=1S/C15H21NO3S/c1-6-19-14(18)15(4,5)12(17)9-20-13-8-10(2)7-11(3)16-13/h7-8H,6,9H2,1-5H3. The minimum absolute atomic E-state index is 0.151. The molecule has 1 aromatic rings. The van der Waals surface area contributed by atoms with Gasteiger partial charge in [-0.25, -0.2) is 4.98 Å². The number of thioether (sulfide) groups is 1. The van der Waals surface area contributed by atoms with Gasteiger partial charge >= 0.3 is 5.97 Å². The molecule has 0 aromatic carbocycles. The van der Waals surface area contributed by atoms with Gasteiger partial charge in [-0.2, -0.15) is 0 Å². The van der Waals surface area contributed by atoms with Gasteiger partial charge in [-0.05, 0) is 52.3 Å². The molecule has 0 spiro atoms. The van der Waals surface area contributed by atoms with Crippen molar-refractivity contribution in [2.45, 2.75) is 39.6 Å². The number of esters is 1. The SMILES string of the molecule is CCOC(=O)C(C)(C)C(=O)CSc1cc(C)cc(C)n1. The zero-order valence-corrected chi connectivity index (χ0v) is 13.5. The first-order valence-electron chi connectivity index (χ1n) is 6.56. The van der Waals surface area contributed by atoms with E-state index in [2.05, 4.69) is 4.98 Å². The molecule has 0 N–H and O–H groups in total. The van der Waals surface area contributed by atoms with Crippen LogP contribution >= 0.6 is 11.8 Å². The highest BCUT2D eigenvalue weighted by molar-refractivity contribution is 7.99. The van der Waals surface area contributed by atoms with Gasteiger partial charge in [0, 0.05) is 5.69 Å². The van der Waals surface area contributed by atoms with Gasteiger partial charge in [-0.15, -0.1) is 0 Å². The topological polar surface area (TPSA) is 56.3 Å². The molecule has 0 fully saturated rings. The van der Waals surface area contributed by atoms with Gasteiger partial charge in [-0.1, -0.05) is 11.8 Å². The monoisotopic (exact) mass is 295 g/mol. The summed E-state index contributed by atoms with van der Waals surface area (Å²) in [6.45, 7) is 9.12. The molecule has 0 atom stereocenters. The fourth-order valence-electron chi connectivity index (χ4n) is 1.62. The Labute approximate surface area is 124 Å². The maximum absolute atomic E-state index is 12.2. The third-order valence-corrected chi connectivity index (χ3v) is 3.82. The Morgan fingerprint density at radius 3 is 2.50 bits per heavy atom. The quantitative estimate of drug-likeness (QED) is 0.459. The second kappa shape index (κ2) is 6.88. The molecule has 4 nitrogen and oxygen atoms in total. The summed E-state index contributed by atoms with van der Waals surface area (Å²) in [6.07, 6.45) is 0. The lowest BCUT2D eigenvalue weighted by molar-refractivity contribution is -0.157. The zero-order valence-electron chi connectivity index (χ0n) is 12.6. The van der Waals surface area contributed by atoms with Crippen molar-refractivity contribution in [1.29, 1.82) is 0 Å². The third-order valence-electron chi connectivity index (χ3n) is 2.91. The van der Waals surface area contributed by atoms with Crippen molar-refractivity contribution in [1.82, 2.24) is 4.98 Å². The van der Waals surface area contributed by atoms with Crippen LogP contribution in [0.25, 0.3) is 0 Å². The van der Waals surface area contributed by atoms with Gasteiger partial charge in [0.1, 0.15) is 5.41 Å². The van der Waals surface area contributed by atoms with E-state index in [0.717, 1.165) is 16.3 Å². The summed E-state index contributed by atoms with van der Waals surface area (Å²) in [5.41, 5.74) is 0.920. The molecule has 0 saturated carbocycles. The highest BCUT2D eigenvalue weighted by Gasteiger charge is 2.36. The number of rotatable bonds is 6. The molecule has 5 heteroatoms. The smallest absolute Gasteiger partial charge is 0.319 e. The normalized spacial score (nSPS) is 11.2. The van der Waals surface area contributed by atoms with E-state index in [-0.39, 0.29) is 18.1 Å². The van der Waals surface area contributed by atoms with Crippen molar-refractivity contribution in [3.05, 3.63) is 23.4 Å². The molecule has 110 valence electrons. The average Bonchev–Trinajstić information content (AvgIpc) is 2.34. The molecule has 0 radical (unpaired) electrons. The first-order valence-corrected chi connectivity index (χ1v) is 7.54. The molecule has 0 unspecified atom stereocenters. The highest BCUT2D eigenvalue weighted by atomic mass is 32.2. The van der Waals surface area contributed by atoms with Crippen molar-refractivity contribution in [2.75, 3.05) is 12.4 Å². The van der Waals surface area contributed by atoms with Crippen LogP contribution in [0.4, 0.5) is 0 Å². The van der Waals surface area contributed by atoms with Gasteiger partial charge in [0.25, 0.3) is 0 Å². The molecule has 1 aromatic heterocycles. The van der Waals surface area contributed by atoms with Crippen molar-refractivity contribution >= 4 is 23.5 Å². The average molecular weight is 295 g/mol. The number of ether oxygens (including phenoxy) is 1. The lowest BCUT2D eigenvalue weighted by Gasteiger charge is -2.20. The zero-order chi connectivity index (χ0) is 15.3. The number of aryl methyl sites for hydroxylation is 2. The second-order valence-corrected chi connectivity index (χ2v) is 6.18. The summed E-state index contributed by atoms with van der Waals surface area (Å²) in [4.78, 5) is 28.3. The number of carbonyl (C=O) groups excluding carboxylic acids is 2. The number of aromatic nitrogens is 1. The van der Waals surface area contributed by atoms with Crippen molar-refractivity contribution in [2.24, 2.45) is 5.41 Å². The number of pyridine rings is 1. The summed E-state index contributed by atoms with van der Waals surface area (Å²) in [5, 5.41) is 0.801. The Hall–Kier alpha value is -1.36. The molecule has 20 heavy (non-hydrogen) atoms. The lowest BCUT2D eigenvalue weighted by Crippen LogP contribution is -2.36. The summed E-state index contributed by atoms with van der Waals surface area (Å²) in [5.74, 6) is -0.414. The van der Waals surface area contributed by atoms with Crippen LogP contribution in [0.2, 0.25) is 0 Å². The van der Waals surface area contributed by atoms with Crippen LogP contribution in [-0.4, -0.2) is 29.1 Å². The van der Waals surface area contributed by atoms with Crippen LogP contribution in [-0.2, 0) is 14.3 Å². The Balaban J connectivity index is 2.69. The number of Topliss-reactive ketones (excluding diaryl/α,β-unsaturated/α-hetero) is 1. The van der Waals surface area contributed by atoms with E-state index in [0.29, 0.717) is 0 Å². The number of hydrogen-bond donors (Lipinski definition) is 0. The van der Waals surface area contributed by atoms with Crippen LogP contribution in [0, 0.1) is 19.3 Å². The van der Waals surface area contributed by atoms with Gasteiger partial charge < -0.3 is 4.74 Å². The van der Waals surface area contributed by atoms with E-state index in [1.165, 1.54) is 11.8 Å². The Morgan fingerprint density at radius 1 is 1.30 bits per heavy atom. The van der Waals surface area contributed by atoms with Crippen LogP contribution in [0.15, 0.2) is 17.2 Å². The fraction of sp³-hybridized carbons (Fsp3) is 0.533. The Bertz CT molecular complexity index is 492. The number of hydrogen-bond acceptors (Lipinski definition) is 5. The largest absolute Gasteiger partial charge is 0.465 e. The summed E-state index contributed by atoms with van der Waals surface area (Å²) in [6, 6.07) is 3.91. The minimum Gasteiger partial charge on any atom is -0.465 e. The van der Waals surface area contributed by atoms with E-state index < -0.39 is 11.4 Å². The van der Waals surface area contributed by atoms with E-state index in [9.17, 15) is 9.59 Å². The van der Waals surface area contributed by atoms with E-state index in [1.807, 2.05) is 26.0 Å². The van der Waals surface area contributed by atoms with Crippen LogP contribution in [0.5, 0.6) is 0 Å². The van der Waals surface area contributed by atoms with Gasteiger partial charge in [-0.3, -0.25) is 9.59 Å². The Kier molecular flexibility index (Phi) is 5.74.